The van der Waals surface area contributed by atoms with Crippen molar-refractivity contribution in [3.63, 3.8) is 0 Å². The van der Waals surface area contributed by atoms with Gasteiger partial charge in [0.25, 0.3) is 15.6 Å². The lowest BCUT2D eigenvalue weighted by Crippen LogP contribution is -2.33. The maximum absolute atomic E-state index is 13.0. The predicted octanol–water partition coefficient (Wildman–Crippen LogP) is 4.07. The number of benzene rings is 2. The number of rotatable bonds is 5. The van der Waals surface area contributed by atoms with Crippen molar-refractivity contribution >= 4 is 65.6 Å². The molecule has 0 bridgehead atoms. The van der Waals surface area contributed by atoms with Gasteiger partial charge in [0, 0.05) is 22.1 Å². The smallest absolute Gasteiger partial charge is 0.333 e. The number of anilines is 2. The van der Waals surface area contributed by atoms with Crippen molar-refractivity contribution in [2.45, 2.75) is 11.1 Å². The lowest BCUT2D eigenvalue weighted by molar-refractivity contribution is 0.256. The van der Waals surface area contributed by atoms with E-state index in [1.807, 2.05) is 4.72 Å². The summed E-state index contributed by atoms with van der Waals surface area (Å²) in [4.78, 5) is 30.3. The number of hydrogen-bond donors (Lipinski definition) is 3. The van der Waals surface area contributed by atoms with Crippen LogP contribution < -0.4 is 20.9 Å². The molecule has 2 aromatic heterocycles. The number of halogens is 1. The Morgan fingerprint density at radius 3 is 2.48 bits per heavy atom. The molecule has 170 valence electrons. The van der Waals surface area contributed by atoms with Crippen molar-refractivity contribution in [1.82, 2.24) is 14.3 Å². The van der Waals surface area contributed by atoms with Crippen LogP contribution in [-0.2, 0) is 10.0 Å². The van der Waals surface area contributed by atoms with Crippen LogP contribution in [0, 0.1) is 6.92 Å². The van der Waals surface area contributed by atoms with E-state index in [9.17, 15) is 18.0 Å². The number of amides is 2. The average molecular weight is 548 g/mol. The molecule has 33 heavy (non-hydrogen) atoms. The van der Waals surface area contributed by atoms with Gasteiger partial charge in [0.2, 0.25) is 0 Å². The van der Waals surface area contributed by atoms with E-state index in [1.54, 1.807) is 56.4 Å². The minimum atomic E-state index is -3.95. The standard InChI is InChI=1S/C21H18BrN5O4S2/c1-12-3-8-19(32-12)33(30,31)26-21(29)25-13-4-6-14(7-5-13)27-11-24-17-10-18(23-2)16(22)9-15(17)20(27)28/h3-11,23H,1-2H3,(H2,25,26,29). The van der Waals surface area contributed by atoms with Crippen LogP contribution in [-0.4, -0.2) is 31.0 Å². The summed E-state index contributed by atoms with van der Waals surface area (Å²) in [5.74, 6) is 0. The van der Waals surface area contributed by atoms with Gasteiger partial charge in [0.05, 0.1) is 22.3 Å². The molecule has 0 fully saturated rings. The lowest BCUT2D eigenvalue weighted by Gasteiger charge is -2.11. The van der Waals surface area contributed by atoms with E-state index in [4.69, 9.17) is 0 Å². The van der Waals surface area contributed by atoms with Gasteiger partial charge in [0.15, 0.2) is 0 Å². The summed E-state index contributed by atoms with van der Waals surface area (Å²) in [7, 11) is -2.17. The quantitative estimate of drug-likeness (QED) is 0.346. The van der Waals surface area contributed by atoms with Crippen LogP contribution in [0.3, 0.4) is 0 Å². The Balaban J connectivity index is 1.54. The largest absolute Gasteiger partial charge is 0.387 e. The normalized spacial score (nSPS) is 11.4. The third kappa shape index (κ3) is 4.77. The number of carbonyl (C=O) groups is 1. The molecule has 0 atom stereocenters. The van der Waals surface area contributed by atoms with Gasteiger partial charge >= 0.3 is 6.03 Å². The van der Waals surface area contributed by atoms with E-state index in [0.717, 1.165) is 26.4 Å². The summed E-state index contributed by atoms with van der Waals surface area (Å²) in [5, 5.41) is 5.95. The molecule has 4 rings (SSSR count). The van der Waals surface area contributed by atoms with Crippen LogP contribution >= 0.6 is 27.3 Å². The highest BCUT2D eigenvalue weighted by atomic mass is 79.9. The van der Waals surface area contributed by atoms with E-state index in [2.05, 4.69) is 31.5 Å². The van der Waals surface area contributed by atoms with Gasteiger partial charge in [-0.3, -0.25) is 9.36 Å². The van der Waals surface area contributed by atoms with E-state index in [1.165, 1.54) is 17.0 Å². The Morgan fingerprint density at radius 2 is 1.85 bits per heavy atom. The molecule has 0 saturated heterocycles. The number of sulfonamides is 1. The van der Waals surface area contributed by atoms with Crippen LogP contribution in [0.15, 0.2) is 68.3 Å². The number of aryl methyl sites for hydroxylation is 1. The van der Waals surface area contributed by atoms with E-state index < -0.39 is 16.1 Å². The molecule has 2 amide bonds. The number of carbonyl (C=O) groups excluding carboxylic acids is 1. The fraction of sp³-hybridized carbons (Fsp3) is 0.0952. The Kier molecular flexibility index (Phi) is 6.23. The second-order valence-electron chi connectivity index (χ2n) is 6.99. The molecule has 0 aliphatic rings. The summed E-state index contributed by atoms with van der Waals surface area (Å²) in [6, 6.07) is 12.1. The molecule has 4 aromatic rings. The number of fused-ring (bicyclic) bond motifs is 1. The number of nitrogens with one attached hydrogen (secondary N) is 3. The first-order chi connectivity index (χ1) is 15.7. The van der Waals surface area contributed by atoms with E-state index in [0.29, 0.717) is 22.3 Å². The molecule has 0 saturated carbocycles. The van der Waals surface area contributed by atoms with Gasteiger partial charge in [-0.25, -0.2) is 22.9 Å². The monoisotopic (exact) mass is 547 g/mol. The van der Waals surface area contributed by atoms with Crippen molar-refractivity contribution in [3.8, 4) is 5.69 Å². The number of hydrogen-bond acceptors (Lipinski definition) is 7. The first-order valence-electron chi connectivity index (χ1n) is 9.57. The second kappa shape index (κ2) is 8.96. The summed E-state index contributed by atoms with van der Waals surface area (Å²) in [6.07, 6.45) is 1.43. The van der Waals surface area contributed by atoms with Gasteiger partial charge in [-0.15, -0.1) is 11.3 Å². The van der Waals surface area contributed by atoms with Crippen molar-refractivity contribution in [1.29, 1.82) is 0 Å². The van der Waals surface area contributed by atoms with Gasteiger partial charge in [0.1, 0.15) is 10.5 Å². The molecule has 2 aromatic carbocycles. The maximum Gasteiger partial charge on any atom is 0.333 e. The predicted molar refractivity (Wildman–Crippen MR) is 133 cm³/mol. The van der Waals surface area contributed by atoms with Crippen LogP contribution in [0.4, 0.5) is 16.2 Å². The Bertz CT molecular complexity index is 1530. The zero-order valence-corrected chi connectivity index (χ0v) is 20.6. The molecule has 3 N–H and O–H groups in total. The Hall–Kier alpha value is -3.22. The van der Waals surface area contributed by atoms with Gasteiger partial charge in [-0.05, 0) is 71.4 Å². The van der Waals surface area contributed by atoms with E-state index >= 15 is 0 Å². The van der Waals surface area contributed by atoms with Crippen LogP contribution in [0.1, 0.15) is 4.88 Å². The van der Waals surface area contributed by atoms with Crippen molar-refractivity contribution in [2.75, 3.05) is 17.7 Å². The first kappa shape index (κ1) is 23.0. The minimum Gasteiger partial charge on any atom is -0.387 e. The number of urea groups is 1. The fourth-order valence-corrected chi connectivity index (χ4v) is 5.84. The number of thiophene rings is 1. The summed E-state index contributed by atoms with van der Waals surface area (Å²) in [5.41, 5.74) is 2.02. The first-order valence-corrected chi connectivity index (χ1v) is 12.7. The van der Waals surface area contributed by atoms with Crippen LogP contribution in [0.25, 0.3) is 16.6 Å². The molecule has 12 heteroatoms. The molecule has 9 nitrogen and oxygen atoms in total. The SMILES string of the molecule is CNc1cc2ncn(-c3ccc(NC(=O)NS(=O)(=O)c4ccc(C)s4)cc3)c(=O)c2cc1Br. The molecule has 0 unspecified atom stereocenters. The molecule has 0 aliphatic heterocycles. The summed E-state index contributed by atoms with van der Waals surface area (Å²) < 4.78 is 28.7. The van der Waals surface area contributed by atoms with E-state index in [-0.39, 0.29) is 9.77 Å². The minimum absolute atomic E-state index is 0.0575. The highest BCUT2D eigenvalue weighted by Crippen LogP contribution is 2.26. The Morgan fingerprint density at radius 1 is 1.12 bits per heavy atom. The van der Waals surface area contributed by atoms with Crippen molar-refractivity contribution in [3.05, 3.63) is 74.6 Å². The topological polar surface area (TPSA) is 122 Å². The Labute approximate surface area is 201 Å². The highest BCUT2D eigenvalue weighted by Gasteiger charge is 2.19. The van der Waals surface area contributed by atoms with Crippen LogP contribution in [0.2, 0.25) is 0 Å². The number of aromatic nitrogens is 2. The molecular formula is C21H18BrN5O4S2. The lowest BCUT2D eigenvalue weighted by atomic mass is 10.2. The van der Waals surface area contributed by atoms with Crippen molar-refractivity contribution in [2.24, 2.45) is 0 Å². The third-order valence-corrected chi connectivity index (χ3v) is 8.21. The van der Waals surface area contributed by atoms with Gasteiger partial charge in [-0.2, -0.15) is 0 Å². The number of nitrogens with zero attached hydrogens (tertiary/aromatic N) is 2. The van der Waals surface area contributed by atoms with Crippen LogP contribution in [0.5, 0.6) is 0 Å². The zero-order valence-electron chi connectivity index (χ0n) is 17.4. The third-order valence-electron chi connectivity index (χ3n) is 4.73. The van der Waals surface area contributed by atoms with Crippen molar-refractivity contribution < 1.29 is 13.2 Å². The van der Waals surface area contributed by atoms with Gasteiger partial charge < -0.3 is 10.6 Å². The average Bonchev–Trinajstić information content (AvgIpc) is 3.22. The second-order valence-corrected chi connectivity index (χ2v) is 11.0. The zero-order chi connectivity index (χ0) is 23.8. The molecular weight excluding hydrogens is 530 g/mol. The molecule has 0 spiro atoms. The molecule has 2 heterocycles. The summed E-state index contributed by atoms with van der Waals surface area (Å²) in [6.45, 7) is 1.78. The molecule has 0 aliphatic carbocycles. The fourth-order valence-electron chi connectivity index (χ4n) is 3.11. The maximum atomic E-state index is 13.0. The summed E-state index contributed by atoms with van der Waals surface area (Å²) >= 11 is 4.51. The highest BCUT2D eigenvalue weighted by molar-refractivity contribution is 9.10. The van der Waals surface area contributed by atoms with Gasteiger partial charge in [-0.1, -0.05) is 0 Å². The molecule has 0 radical (unpaired) electrons.